The Morgan fingerprint density at radius 2 is 2.05 bits per heavy atom. The maximum absolute atomic E-state index is 11.1. The second-order valence-electron chi connectivity index (χ2n) is 3.31. The Labute approximate surface area is 119 Å². The lowest BCUT2D eigenvalue weighted by atomic mass is 10.2. The number of methoxy groups -OCH3 is 2. The summed E-state index contributed by atoms with van der Waals surface area (Å²) in [7, 11) is 2.80. The molecule has 1 rings (SSSR count). The number of aliphatic imine (C=N–C) groups is 1. The molecule has 1 aromatic rings. The van der Waals surface area contributed by atoms with E-state index in [9.17, 15) is 10.1 Å². The van der Waals surface area contributed by atoms with Gasteiger partial charge in [-0.2, -0.15) is 5.26 Å². The predicted octanol–water partition coefficient (Wildman–Crippen LogP) is 2.03. The number of rotatable bonds is 4. The molecule has 0 amide bonds. The van der Waals surface area contributed by atoms with Gasteiger partial charge in [-0.3, -0.25) is 15.4 Å². The van der Waals surface area contributed by atoms with Crippen LogP contribution in [0.4, 0.5) is 11.4 Å². The molecular formula is C11H12N4O4S. The number of amidine groups is 1. The van der Waals surface area contributed by atoms with Gasteiger partial charge in [0.1, 0.15) is 5.69 Å². The Morgan fingerprint density at radius 1 is 1.45 bits per heavy atom. The SMILES string of the molecule is COc1cc(N=C(NC#N)SC)c([N+](=O)[O-])cc1OC. The third-order valence-electron chi connectivity index (χ3n) is 2.26. The quantitative estimate of drug-likeness (QED) is 0.226. The first-order valence-corrected chi connectivity index (χ1v) is 6.48. The molecule has 0 saturated carbocycles. The van der Waals surface area contributed by atoms with Crippen molar-refractivity contribution >= 4 is 28.3 Å². The highest BCUT2D eigenvalue weighted by molar-refractivity contribution is 8.13. The molecule has 0 aliphatic heterocycles. The van der Waals surface area contributed by atoms with Gasteiger partial charge >= 0.3 is 0 Å². The second kappa shape index (κ2) is 7.20. The van der Waals surface area contributed by atoms with E-state index in [4.69, 9.17) is 14.7 Å². The van der Waals surface area contributed by atoms with Gasteiger partial charge in [-0.1, -0.05) is 11.8 Å². The Kier molecular flexibility index (Phi) is 5.61. The summed E-state index contributed by atoms with van der Waals surface area (Å²) in [5.41, 5.74) is -0.173. The molecule has 0 aliphatic rings. The van der Waals surface area contributed by atoms with Gasteiger partial charge < -0.3 is 9.47 Å². The van der Waals surface area contributed by atoms with Crippen molar-refractivity contribution in [3.05, 3.63) is 22.2 Å². The van der Waals surface area contributed by atoms with Gasteiger partial charge in [-0.25, -0.2) is 4.99 Å². The van der Waals surface area contributed by atoms with Crippen molar-refractivity contribution in [2.24, 2.45) is 4.99 Å². The molecule has 20 heavy (non-hydrogen) atoms. The molecule has 0 spiro atoms. The van der Waals surface area contributed by atoms with Crippen LogP contribution in [0.2, 0.25) is 0 Å². The Morgan fingerprint density at radius 3 is 2.50 bits per heavy atom. The number of nitro groups is 1. The third-order valence-corrected chi connectivity index (χ3v) is 2.84. The van der Waals surface area contributed by atoms with Crippen LogP contribution in [0.1, 0.15) is 0 Å². The van der Waals surface area contributed by atoms with Gasteiger partial charge in [0.25, 0.3) is 5.69 Å². The van der Waals surface area contributed by atoms with Crippen LogP contribution in [0.15, 0.2) is 17.1 Å². The summed E-state index contributed by atoms with van der Waals surface area (Å²) in [6.07, 6.45) is 3.40. The van der Waals surface area contributed by atoms with Crippen LogP contribution in [-0.4, -0.2) is 30.6 Å². The van der Waals surface area contributed by atoms with Crippen LogP contribution in [0.25, 0.3) is 0 Å². The normalized spacial score (nSPS) is 10.6. The molecule has 0 atom stereocenters. The zero-order valence-corrected chi connectivity index (χ0v) is 11.9. The summed E-state index contributed by atoms with van der Waals surface area (Å²) >= 11 is 1.15. The Hall–Kier alpha value is -2.47. The lowest BCUT2D eigenvalue weighted by Crippen LogP contribution is -2.12. The first-order chi connectivity index (χ1) is 9.57. The van der Waals surface area contributed by atoms with Crippen molar-refractivity contribution in [2.75, 3.05) is 20.5 Å². The van der Waals surface area contributed by atoms with Crippen molar-refractivity contribution in [2.45, 2.75) is 0 Å². The number of hydrogen-bond acceptors (Lipinski definition) is 7. The lowest BCUT2D eigenvalue weighted by Gasteiger charge is -2.09. The number of nitrogens with one attached hydrogen (secondary N) is 1. The highest BCUT2D eigenvalue weighted by atomic mass is 32.2. The average Bonchev–Trinajstić information content (AvgIpc) is 2.45. The number of hydrogen-bond donors (Lipinski definition) is 1. The van der Waals surface area contributed by atoms with Crippen molar-refractivity contribution in [1.82, 2.24) is 5.32 Å². The zero-order valence-electron chi connectivity index (χ0n) is 11.0. The summed E-state index contributed by atoms with van der Waals surface area (Å²) in [5, 5.41) is 22.2. The minimum absolute atomic E-state index is 0.0692. The minimum Gasteiger partial charge on any atom is -0.493 e. The minimum atomic E-state index is -0.578. The molecule has 106 valence electrons. The van der Waals surface area contributed by atoms with E-state index in [2.05, 4.69) is 10.3 Å². The van der Waals surface area contributed by atoms with E-state index in [1.165, 1.54) is 26.4 Å². The second-order valence-corrected chi connectivity index (χ2v) is 4.11. The summed E-state index contributed by atoms with van der Waals surface area (Å²) < 4.78 is 10.1. The number of nitrogens with zero attached hydrogens (tertiary/aromatic N) is 3. The molecule has 0 aromatic heterocycles. The fraction of sp³-hybridized carbons (Fsp3) is 0.273. The van der Waals surface area contributed by atoms with E-state index in [0.29, 0.717) is 5.75 Å². The van der Waals surface area contributed by atoms with Gasteiger partial charge in [0.15, 0.2) is 22.9 Å². The van der Waals surface area contributed by atoms with Gasteiger partial charge in [0, 0.05) is 6.07 Å². The number of nitriles is 1. The smallest absolute Gasteiger partial charge is 0.298 e. The third kappa shape index (κ3) is 3.52. The molecule has 0 aliphatic carbocycles. The number of benzene rings is 1. The molecule has 8 nitrogen and oxygen atoms in total. The number of nitro benzene ring substituents is 1. The van der Waals surface area contributed by atoms with Crippen molar-refractivity contribution < 1.29 is 14.4 Å². The molecule has 9 heteroatoms. The highest BCUT2D eigenvalue weighted by Gasteiger charge is 2.19. The van der Waals surface area contributed by atoms with Gasteiger partial charge in [-0.05, 0) is 6.26 Å². The van der Waals surface area contributed by atoms with Gasteiger partial charge in [0.2, 0.25) is 0 Å². The fourth-order valence-corrected chi connectivity index (χ4v) is 1.71. The van der Waals surface area contributed by atoms with E-state index < -0.39 is 4.92 Å². The molecular weight excluding hydrogens is 284 g/mol. The van der Waals surface area contributed by atoms with Crippen molar-refractivity contribution in [3.8, 4) is 17.7 Å². The Balaban J connectivity index is 3.43. The maximum Gasteiger partial charge on any atom is 0.298 e. The van der Waals surface area contributed by atoms with Crippen LogP contribution in [0.3, 0.4) is 0 Å². The molecule has 1 N–H and O–H groups in total. The number of ether oxygens (including phenoxy) is 2. The van der Waals surface area contributed by atoms with E-state index in [0.717, 1.165) is 11.8 Å². The van der Waals surface area contributed by atoms with Crippen molar-refractivity contribution in [1.29, 1.82) is 5.26 Å². The topological polar surface area (TPSA) is 110 Å². The molecule has 0 heterocycles. The van der Waals surface area contributed by atoms with Crippen molar-refractivity contribution in [3.63, 3.8) is 0 Å². The van der Waals surface area contributed by atoms with E-state index in [1.54, 1.807) is 12.4 Å². The monoisotopic (exact) mass is 296 g/mol. The van der Waals surface area contributed by atoms with E-state index >= 15 is 0 Å². The van der Waals surface area contributed by atoms with Crippen LogP contribution in [0, 0.1) is 21.6 Å². The van der Waals surface area contributed by atoms with Crippen LogP contribution < -0.4 is 14.8 Å². The largest absolute Gasteiger partial charge is 0.493 e. The summed E-state index contributed by atoms with van der Waals surface area (Å²) in [6, 6.07) is 2.61. The zero-order chi connectivity index (χ0) is 15.1. The van der Waals surface area contributed by atoms with Gasteiger partial charge in [-0.15, -0.1) is 0 Å². The first kappa shape index (κ1) is 15.6. The van der Waals surface area contributed by atoms with Crippen LogP contribution >= 0.6 is 11.8 Å². The summed E-state index contributed by atoms with van der Waals surface area (Å²) in [4.78, 5) is 14.5. The van der Waals surface area contributed by atoms with E-state index in [-0.39, 0.29) is 22.3 Å². The van der Waals surface area contributed by atoms with Gasteiger partial charge in [0.05, 0.1) is 25.2 Å². The average molecular weight is 296 g/mol. The molecule has 0 radical (unpaired) electrons. The molecule has 1 aromatic carbocycles. The van der Waals surface area contributed by atoms with Crippen LogP contribution in [-0.2, 0) is 0 Å². The predicted molar refractivity (Wildman–Crippen MR) is 75.6 cm³/mol. The summed E-state index contributed by atoms with van der Waals surface area (Å²) in [6.45, 7) is 0. The summed E-state index contributed by atoms with van der Waals surface area (Å²) in [5.74, 6) is 0.548. The number of thioether (sulfide) groups is 1. The highest BCUT2D eigenvalue weighted by Crippen LogP contribution is 2.39. The first-order valence-electron chi connectivity index (χ1n) is 5.25. The fourth-order valence-electron chi connectivity index (χ4n) is 1.38. The van der Waals surface area contributed by atoms with Crippen LogP contribution in [0.5, 0.6) is 11.5 Å². The molecule has 0 saturated heterocycles. The lowest BCUT2D eigenvalue weighted by molar-refractivity contribution is -0.384. The Bertz CT molecular complexity index is 583. The maximum atomic E-state index is 11.1. The molecule has 0 unspecified atom stereocenters. The standard InChI is InChI=1S/C11H12N4O4S/c1-18-9-4-7(14-11(20-3)13-6-12)8(15(16)17)5-10(9)19-2/h4-5H,1-3H3,(H,13,14). The van der Waals surface area contributed by atoms with E-state index in [1.807, 2.05) is 0 Å². The molecule has 0 fully saturated rings. The molecule has 0 bridgehead atoms.